The van der Waals surface area contributed by atoms with E-state index in [0.29, 0.717) is 5.92 Å². The van der Waals surface area contributed by atoms with Gasteiger partial charge in [0.25, 0.3) is 0 Å². The fraction of sp³-hybridized carbons (Fsp3) is 0.333. The maximum atomic E-state index is 2.99. The van der Waals surface area contributed by atoms with Crippen LogP contribution in [0.15, 0.2) is 24.3 Å². The molecule has 0 saturated carbocycles. The minimum absolute atomic E-state index is 0. The first-order chi connectivity index (χ1) is 4.30. The third kappa shape index (κ3) is 2.66. The second-order valence-electron chi connectivity index (χ2n) is 2.49. The van der Waals surface area contributed by atoms with Crippen LogP contribution in [0.2, 0.25) is 0 Å². The van der Waals surface area contributed by atoms with Crippen molar-refractivity contribution in [2.75, 3.05) is 0 Å². The summed E-state index contributed by atoms with van der Waals surface area (Å²) in [4.78, 5) is 0. The van der Waals surface area contributed by atoms with Crippen molar-refractivity contribution >= 4 is 0 Å². The van der Waals surface area contributed by atoms with Gasteiger partial charge in [0, 0.05) is 21.1 Å². The fourth-order valence-corrected chi connectivity index (χ4v) is 0.785. The van der Waals surface area contributed by atoms with Crippen molar-refractivity contribution in [3.63, 3.8) is 0 Å². The van der Waals surface area contributed by atoms with Gasteiger partial charge in [0.05, 0.1) is 0 Å². The van der Waals surface area contributed by atoms with Crippen LogP contribution < -0.4 is 0 Å². The van der Waals surface area contributed by atoms with Crippen molar-refractivity contribution in [1.29, 1.82) is 0 Å². The minimum Gasteiger partial charge on any atom is -0.184 e. The number of rotatable bonds is 1. The summed E-state index contributed by atoms with van der Waals surface area (Å²) in [5.41, 5.74) is 1.38. The van der Waals surface area contributed by atoms with Crippen LogP contribution >= 0.6 is 0 Å². The Morgan fingerprint density at radius 2 is 1.70 bits per heavy atom. The maximum Gasteiger partial charge on any atom is 0 e. The van der Waals surface area contributed by atoms with E-state index in [2.05, 4.69) is 32.0 Å². The topological polar surface area (TPSA) is 0 Å². The van der Waals surface area contributed by atoms with Gasteiger partial charge in [-0.15, -0.1) is 0 Å². The first-order valence-electron chi connectivity index (χ1n) is 3.26. The van der Waals surface area contributed by atoms with Gasteiger partial charge in [-0.05, 0) is 5.92 Å². The summed E-state index contributed by atoms with van der Waals surface area (Å²) >= 11 is 0. The minimum atomic E-state index is 0. The molecule has 0 unspecified atom stereocenters. The number of benzene rings is 1. The molecule has 54 valence electrons. The van der Waals surface area contributed by atoms with Crippen molar-refractivity contribution < 1.29 is 21.1 Å². The molecule has 0 N–H and O–H groups in total. The molecule has 1 aromatic rings. The Balaban J connectivity index is 0.000000810. The second kappa shape index (κ2) is 4.68. The molecule has 0 radical (unpaired) electrons. The molecule has 0 aliphatic carbocycles. The zero-order valence-electron chi connectivity index (χ0n) is 6.29. The molecule has 1 heteroatoms. The molecular formula is C9H11W-. The fourth-order valence-electron chi connectivity index (χ4n) is 0.785. The van der Waals surface area contributed by atoms with E-state index in [0.717, 1.165) is 0 Å². The largest absolute Gasteiger partial charge is 0.184 e. The molecule has 1 rings (SSSR count). The molecule has 0 aromatic heterocycles. The summed E-state index contributed by atoms with van der Waals surface area (Å²) in [5, 5.41) is 0. The number of hydrogen-bond donors (Lipinski definition) is 0. The van der Waals surface area contributed by atoms with Gasteiger partial charge in [-0.1, -0.05) is 13.8 Å². The predicted octanol–water partition coefficient (Wildman–Crippen LogP) is 2.61. The van der Waals surface area contributed by atoms with Gasteiger partial charge in [0.15, 0.2) is 0 Å². The van der Waals surface area contributed by atoms with Crippen molar-refractivity contribution in [3.05, 3.63) is 35.9 Å². The van der Waals surface area contributed by atoms with E-state index in [1.54, 1.807) is 0 Å². The molecule has 0 saturated heterocycles. The first kappa shape index (κ1) is 9.91. The average Bonchev–Trinajstić information content (AvgIpc) is 1.90. The Kier molecular flexibility index (Phi) is 4.64. The van der Waals surface area contributed by atoms with Gasteiger partial charge in [0.1, 0.15) is 0 Å². The summed E-state index contributed by atoms with van der Waals surface area (Å²) in [6, 6.07) is 11.1. The molecule has 0 nitrogen and oxygen atoms in total. The summed E-state index contributed by atoms with van der Waals surface area (Å²) < 4.78 is 0. The van der Waals surface area contributed by atoms with Gasteiger partial charge in [-0.2, -0.15) is 35.9 Å². The Hall–Kier alpha value is -0.0917. The summed E-state index contributed by atoms with van der Waals surface area (Å²) in [5.74, 6) is 0.639. The zero-order chi connectivity index (χ0) is 6.69. The molecular weight excluding hydrogens is 292 g/mol. The van der Waals surface area contributed by atoms with E-state index in [1.807, 2.05) is 12.1 Å². The Morgan fingerprint density at radius 3 is 2.00 bits per heavy atom. The summed E-state index contributed by atoms with van der Waals surface area (Å²) in [7, 11) is 0. The molecule has 0 spiro atoms. The van der Waals surface area contributed by atoms with Crippen LogP contribution in [0.25, 0.3) is 0 Å². The van der Waals surface area contributed by atoms with Crippen molar-refractivity contribution in [2.24, 2.45) is 0 Å². The molecule has 0 amide bonds. The molecule has 0 bridgehead atoms. The normalized spacial score (nSPS) is 9.10. The second-order valence-corrected chi connectivity index (χ2v) is 2.49. The van der Waals surface area contributed by atoms with Crippen LogP contribution in [0.4, 0.5) is 0 Å². The van der Waals surface area contributed by atoms with Crippen molar-refractivity contribution in [1.82, 2.24) is 0 Å². The average molecular weight is 303 g/mol. The molecule has 0 heterocycles. The van der Waals surface area contributed by atoms with Crippen LogP contribution in [0.1, 0.15) is 25.3 Å². The van der Waals surface area contributed by atoms with Gasteiger partial charge in [-0.25, -0.2) is 0 Å². The van der Waals surface area contributed by atoms with E-state index in [-0.39, 0.29) is 21.1 Å². The van der Waals surface area contributed by atoms with Gasteiger partial charge in [0.2, 0.25) is 0 Å². The molecule has 0 aliphatic heterocycles. The molecule has 1 aromatic carbocycles. The summed E-state index contributed by atoms with van der Waals surface area (Å²) in [6.45, 7) is 4.38. The SMILES string of the molecule is CC(C)c1cc[c-]cc1.[W]. The van der Waals surface area contributed by atoms with E-state index in [9.17, 15) is 0 Å². The Labute approximate surface area is 76.9 Å². The molecule has 0 aliphatic rings. The standard InChI is InChI=1S/C9H11.W/c1-8(2)9-6-4-3-5-7-9;/h4-8H,1-2H3;/q-1;. The Bertz CT molecular complexity index is 167. The Morgan fingerprint density at radius 1 is 1.20 bits per heavy atom. The van der Waals surface area contributed by atoms with Crippen LogP contribution in [0.5, 0.6) is 0 Å². The van der Waals surface area contributed by atoms with Crippen LogP contribution in [0, 0.1) is 6.07 Å². The van der Waals surface area contributed by atoms with E-state index < -0.39 is 0 Å². The van der Waals surface area contributed by atoms with Crippen LogP contribution in [0.3, 0.4) is 0 Å². The van der Waals surface area contributed by atoms with Crippen LogP contribution in [-0.4, -0.2) is 0 Å². The maximum absolute atomic E-state index is 2.99. The van der Waals surface area contributed by atoms with Gasteiger partial charge < -0.3 is 0 Å². The quantitative estimate of drug-likeness (QED) is 0.700. The molecule has 0 atom stereocenters. The zero-order valence-corrected chi connectivity index (χ0v) is 9.23. The van der Waals surface area contributed by atoms with Crippen molar-refractivity contribution in [2.45, 2.75) is 19.8 Å². The molecule has 10 heavy (non-hydrogen) atoms. The monoisotopic (exact) mass is 303 g/mol. The number of hydrogen-bond acceptors (Lipinski definition) is 0. The smallest absolute Gasteiger partial charge is 0 e. The van der Waals surface area contributed by atoms with Crippen LogP contribution in [-0.2, 0) is 21.1 Å². The van der Waals surface area contributed by atoms with Crippen molar-refractivity contribution in [3.8, 4) is 0 Å². The van der Waals surface area contributed by atoms with E-state index in [1.165, 1.54) is 5.56 Å². The van der Waals surface area contributed by atoms with E-state index >= 15 is 0 Å². The van der Waals surface area contributed by atoms with E-state index in [4.69, 9.17) is 0 Å². The third-order valence-electron chi connectivity index (χ3n) is 1.41. The molecule has 0 fully saturated rings. The first-order valence-corrected chi connectivity index (χ1v) is 3.26. The van der Waals surface area contributed by atoms with Gasteiger partial charge >= 0.3 is 0 Å². The predicted molar refractivity (Wildman–Crippen MR) is 39.4 cm³/mol. The summed E-state index contributed by atoms with van der Waals surface area (Å²) in [6.07, 6.45) is 0. The van der Waals surface area contributed by atoms with Gasteiger partial charge in [-0.3, -0.25) is 0 Å². The third-order valence-corrected chi connectivity index (χ3v) is 1.41.